The third-order valence-electron chi connectivity index (χ3n) is 2.04. The Morgan fingerprint density at radius 1 is 1.00 bits per heavy atom. The Morgan fingerprint density at radius 2 is 1.60 bits per heavy atom. The first-order chi connectivity index (χ1) is 7.29. The van der Waals surface area contributed by atoms with E-state index in [1.54, 1.807) is 19.5 Å². The molecule has 0 amide bonds. The number of methoxy groups -OCH3 is 1. The van der Waals surface area contributed by atoms with E-state index >= 15 is 0 Å². The molecule has 2 aromatic rings. The Morgan fingerprint density at radius 3 is 2.13 bits per heavy atom. The van der Waals surface area contributed by atoms with E-state index in [0.29, 0.717) is 4.73 Å². The molecular weight excluding hydrogens is 256 g/mol. The van der Waals surface area contributed by atoms with Gasteiger partial charge in [0.2, 0.25) is 0 Å². The molecule has 0 saturated heterocycles. The summed E-state index contributed by atoms with van der Waals surface area (Å²) in [5.74, 6) is 0.844. The van der Waals surface area contributed by atoms with Crippen molar-refractivity contribution in [1.82, 2.24) is 9.97 Å². The lowest BCUT2D eigenvalue weighted by atomic mass is 10.1. The first kappa shape index (κ1) is 10.1. The summed E-state index contributed by atoms with van der Waals surface area (Å²) in [5.41, 5.74) is 2.06. The molecule has 4 heteroatoms. The first-order valence-electron chi connectivity index (χ1n) is 4.41. The van der Waals surface area contributed by atoms with Crippen LogP contribution in [0, 0.1) is 0 Å². The predicted molar refractivity (Wildman–Crippen MR) is 61.7 cm³/mol. The van der Waals surface area contributed by atoms with E-state index in [1.807, 2.05) is 24.3 Å². The van der Waals surface area contributed by atoms with Gasteiger partial charge in [-0.2, -0.15) is 0 Å². The van der Waals surface area contributed by atoms with E-state index in [2.05, 4.69) is 25.9 Å². The molecule has 1 aromatic carbocycles. The summed E-state index contributed by atoms with van der Waals surface area (Å²) >= 11 is 3.20. The van der Waals surface area contributed by atoms with Crippen LogP contribution in [0.3, 0.4) is 0 Å². The molecule has 1 heterocycles. The molecule has 0 aliphatic rings. The van der Waals surface area contributed by atoms with Gasteiger partial charge in [0.25, 0.3) is 0 Å². The van der Waals surface area contributed by atoms with E-state index in [9.17, 15) is 0 Å². The van der Waals surface area contributed by atoms with Crippen LogP contribution in [0.4, 0.5) is 0 Å². The van der Waals surface area contributed by atoms with Gasteiger partial charge in [-0.15, -0.1) is 0 Å². The molecule has 76 valence electrons. The molecular formula is C11H9BrN2O. The predicted octanol–water partition coefficient (Wildman–Crippen LogP) is 2.91. The number of ether oxygens (including phenoxy) is 1. The summed E-state index contributed by atoms with van der Waals surface area (Å²) in [7, 11) is 1.65. The molecule has 0 spiro atoms. The van der Waals surface area contributed by atoms with Gasteiger partial charge in [0.1, 0.15) is 5.75 Å². The maximum Gasteiger partial charge on any atom is 0.196 e. The van der Waals surface area contributed by atoms with Gasteiger partial charge in [0.15, 0.2) is 4.73 Å². The SMILES string of the molecule is COc1ccc(-c2cnc(Br)nc2)cc1. The molecule has 0 fully saturated rings. The van der Waals surface area contributed by atoms with Crippen LogP contribution in [0.25, 0.3) is 11.1 Å². The average Bonchev–Trinajstić information content (AvgIpc) is 2.30. The number of aromatic nitrogens is 2. The number of benzene rings is 1. The lowest BCUT2D eigenvalue weighted by Gasteiger charge is -2.02. The second-order valence-corrected chi connectivity index (χ2v) is 3.68. The Kier molecular flexibility index (Phi) is 2.97. The van der Waals surface area contributed by atoms with Gasteiger partial charge in [-0.1, -0.05) is 12.1 Å². The second kappa shape index (κ2) is 4.40. The largest absolute Gasteiger partial charge is 0.497 e. The van der Waals surface area contributed by atoms with Gasteiger partial charge < -0.3 is 4.74 Å². The number of hydrogen-bond donors (Lipinski definition) is 0. The molecule has 0 aliphatic carbocycles. The van der Waals surface area contributed by atoms with E-state index in [0.717, 1.165) is 16.9 Å². The number of hydrogen-bond acceptors (Lipinski definition) is 3. The highest BCUT2D eigenvalue weighted by Gasteiger charge is 1.99. The van der Waals surface area contributed by atoms with Gasteiger partial charge in [0.05, 0.1) is 7.11 Å². The maximum atomic E-state index is 5.09. The van der Waals surface area contributed by atoms with Crippen LogP contribution in [-0.2, 0) is 0 Å². The number of halogens is 1. The van der Waals surface area contributed by atoms with Gasteiger partial charge >= 0.3 is 0 Å². The molecule has 2 rings (SSSR count). The van der Waals surface area contributed by atoms with Crippen molar-refractivity contribution in [2.75, 3.05) is 7.11 Å². The molecule has 3 nitrogen and oxygen atoms in total. The fraction of sp³-hybridized carbons (Fsp3) is 0.0909. The topological polar surface area (TPSA) is 35.0 Å². The van der Waals surface area contributed by atoms with Crippen molar-refractivity contribution < 1.29 is 4.74 Å². The molecule has 1 aromatic heterocycles. The Balaban J connectivity index is 2.33. The minimum absolute atomic E-state index is 0.597. The standard InChI is InChI=1S/C11H9BrN2O/c1-15-10-4-2-8(3-5-10)9-6-13-11(12)14-7-9/h2-7H,1H3. The fourth-order valence-electron chi connectivity index (χ4n) is 1.24. The van der Waals surface area contributed by atoms with Crippen molar-refractivity contribution in [3.05, 3.63) is 41.4 Å². The van der Waals surface area contributed by atoms with E-state index in [1.165, 1.54) is 0 Å². The normalized spacial score (nSPS) is 10.0. The summed E-state index contributed by atoms with van der Waals surface area (Å²) in [6, 6.07) is 7.78. The second-order valence-electron chi connectivity index (χ2n) is 2.97. The highest BCUT2D eigenvalue weighted by atomic mass is 79.9. The molecule has 0 aliphatic heterocycles. The van der Waals surface area contributed by atoms with Crippen LogP contribution in [0.15, 0.2) is 41.4 Å². The minimum Gasteiger partial charge on any atom is -0.497 e. The van der Waals surface area contributed by atoms with E-state index < -0.39 is 0 Å². The molecule has 0 N–H and O–H groups in total. The van der Waals surface area contributed by atoms with Crippen molar-refractivity contribution >= 4 is 15.9 Å². The summed E-state index contributed by atoms with van der Waals surface area (Å²) in [5, 5.41) is 0. The maximum absolute atomic E-state index is 5.09. The zero-order chi connectivity index (χ0) is 10.7. The highest BCUT2D eigenvalue weighted by molar-refractivity contribution is 9.10. The smallest absolute Gasteiger partial charge is 0.196 e. The highest BCUT2D eigenvalue weighted by Crippen LogP contribution is 2.21. The summed E-state index contributed by atoms with van der Waals surface area (Å²) in [6.45, 7) is 0. The van der Waals surface area contributed by atoms with Crippen LogP contribution in [0.1, 0.15) is 0 Å². The van der Waals surface area contributed by atoms with Crippen molar-refractivity contribution in [3.63, 3.8) is 0 Å². The molecule has 0 saturated carbocycles. The van der Waals surface area contributed by atoms with Crippen molar-refractivity contribution in [2.45, 2.75) is 0 Å². The van der Waals surface area contributed by atoms with Gasteiger partial charge in [-0.05, 0) is 33.6 Å². The zero-order valence-corrected chi connectivity index (χ0v) is 9.73. The Labute approximate surface area is 96.3 Å². The Bertz CT molecular complexity index is 439. The van der Waals surface area contributed by atoms with Gasteiger partial charge in [-0.25, -0.2) is 9.97 Å². The van der Waals surface area contributed by atoms with E-state index in [4.69, 9.17) is 4.74 Å². The average molecular weight is 265 g/mol. The van der Waals surface area contributed by atoms with E-state index in [-0.39, 0.29) is 0 Å². The molecule has 0 atom stereocenters. The van der Waals surface area contributed by atoms with Crippen molar-refractivity contribution in [3.8, 4) is 16.9 Å². The number of nitrogens with zero attached hydrogens (tertiary/aromatic N) is 2. The van der Waals surface area contributed by atoms with Crippen LogP contribution >= 0.6 is 15.9 Å². The van der Waals surface area contributed by atoms with Crippen molar-refractivity contribution in [1.29, 1.82) is 0 Å². The summed E-state index contributed by atoms with van der Waals surface area (Å²) < 4.78 is 5.68. The summed E-state index contributed by atoms with van der Waals surface area (Å²) in [6.07, 6.45) is 3.55. The van der Waals surface area contributed by atoms with Crippen LogP contribution < -0.4 is 4.74 Å². The fourth-order valence-corrected chi connectivity index (χ4v) is 1.45. The molecule has 15 heavy (non-hydrogen) atoms. The first-order valence-corrected chi connectivity index (χ1v) is 5.21. The molecule has 0 unspecified atom stereocenters. The third-order valence-corrected chi connectivity index (χ3v) is 2.45. The van der Waals surface area contributed by atoms with Gasteiger partial charge in [-0.3, -0.25) is 0 Å². The Hall–Kier alpha value is -1.42. The monoisotopic (exact) mass is 264 g/mol. The lowest BCUT2D eigenvalue weighted by molar-refractivity contribution is 0.415. The zero-order valence-electron chi connectivity index (χ0n) is 8.14. The quantitative estimate of drug-likeness (QED) is 0.783. The number of rotatable bonds is 2. The van der Waals surface area contributed by atoms with Crippen LogP contribution in [0.5, 0.6) is 5.75 Å². The molecule has 0 bridgehead atoms. The van der Waals surface area contributed by atoms with Gasteiger partial charge in [0, 0.05) is 18.0 Å². The van der Waals surface area contributed by atoms with Crippen LogP contribution in [-0.4, -0.2) is 17.1 Å². The third kappa shape index (κ3) is 2.33. The van der Waals surface area contributed by atoms with Crippen molar-refractivity contribution in [2.24, 2.45) is 0 Å². The van der Waals surface area contributed by atoms with Crippen LogP contribution in [0.2, 0.25) is 0 Å². The molecule has 0 radical (unpaired) electrons. The minimum atomic E-state index is 0.597. The summed E-state index contributed by atoms with van der Waals surface area (Å²) in [4.78, 5) is 8.14. The lowest BCUT2D eigenvalue weighted by Crippen LogP contribution is -1.85.